The van der Waals surface area contributed by atoms with E-state index in [2.05, 4.69) is 24.9 Å². The summed E-state index contributed by atoms with van der Waals surface area (Å²) in [6.07, 6.45) is 3.77. The van der Waals surface area contributed by atoms with Crippen molar-refractivity contribution in [1.82, 2.24) is 4.90 Å². The molecule has 0 N–H and O–H groups in total. The average molecular weight is 123 g/mol. The molecule has 1 fully saturated rings. The third kappa shape index (κ3) is 0.645. The molecule has 2 atom stereocenters. The van der Waals surface area contributed by atoms with Crippen molar-refractivity contribution < 1.29 is 0 Å². The fraction of sp³-hybridized carbons (Fsp3) is 0.750. The van der Waals surface area contributed by atoms with Gasteiger partial charge in [-0.05, 0) is 26.3 Å². The van der Waals surface area contributed by atoms with Gasteiger partial charge in [0.1, 0.15) is 0 Å². The molecular formula is C8H13N. The van der Waals surface area contributed by atoms with Crippen LogP contribution in [0.25, 0.3) is 0 Å². The highest BCUT2D eigenvalue weighted by molar-refractivity contribution is 5.19. The minimum atomic E-state index is 0.810. The van der Waals surface area contributed by atoms with E-state index in [9.17, 15) is 0 Å². The summed E-state index contributed by atoms with van der Waals surface area (Å²) >= 11 is 0. The maximum atomic E-state index is 2.42. The van der Waals surface area contributed by atoms with Crippen LogP contribution in [0.1, 0.15) is 13.3 Å². The fourth-order valence-electron chi connectivity index (χ4n) is 2.04. The monoisotopic (exact) mass is 123 g/mol. The lowest BCUT2D eigenvalue weighted by atomic mass is 9.92. The van der Waals surface area contributed by atoms with Crippen LogP contribution in [-0.2, 0) is 0 Å². The highest BCUT2D eigenvalue weighted by Crippen LogP contribution is 2.35. The van der Waals surface area contributed by atoms with Gasteiger partial charge in [-0.25, -0.2) is 0 Å². The Bertz CT molecular complexity index is 160. The van der Waals surface area contributed by atoms with Crippen LogP contribution in [0.3, 0.4) is 0 Å². The number of likely N-dealkylation sites (tertiary alicyclic amines) is 1. The topological polar surface area (TPSA) is 3.24 Å². The Hall–Kier alpha value is -0.300. The highest BCUT2D eigenvalue weighted by atomic mass is 15.2. The Balaban J connectivity index is 2.12. The third-order valence-corrected chi connectivity index (χ3v) is 2.55. The first-order chi connectivity index (χ1) is 4.27. The van der Waals surface area contributed by atoms with Crippen LogP contribution in [0, 0.1) is 5.92 Å². The zero-order chi connectivity index (χ0) is 6.43. The highest BCUT2D eigenvalue weighted by Gasteiger charge is 2.37. The smallest absolute Gasteiger partial charge is 0.0321 e. The predicted octanol–water partition coefficient (Wildman–Crippen LogP) is 1.27. The summed E-state index contributed by atoms with van der Waals surface area (Å²) in [5.41, 5.74) is 1.59. The van der Waals surface area contributed by atoms with Gasteiger partial charge in [0, 0.05) is 12.6 Å². The molecule has 1 saturated heterocycles. The van der Waals surface area contributed by atoms with E-state index in [1.807, 2.05) is 0 Å². The molecule has 2 unspecified atom stereocenters. The Morgan fingerprint density at radius 3 is 2.89 bits per heavy atom. The van der Waals surface area contributed by atoms with Crippen LogP contribution in [0.15, 0.2) is 11.6 Å². The molecule has 0 aromatic heterocycles. The number of fused-ring (bicyclic) bond motifs is 1. The SMILES string of the molecule is CC1=CC2C(C1)CN2C. The minimum absolute atomic E-state index is 0.810. The largest absolute Gasteiger partial charge is 0.299 e. The zero-order valence-electron chi connectivity index (χ0n) is 6.09. The van der Waals surface area contributed by atoms with Gasteiger partial charge in [0.15, 0.2) is 0 Å². The van der Waals surface area contributed by atoms with Crippen LogP contribution in [0.2, 0.25) is 0 Å². The molecule has 1 nitrogen and oxygen atoms in total. The maximum absolute atomic E-state index is 2.42. The van der Waals surface area contributed by atoms with E-state index in [1.54, 1.807) is 5.57 Å². The van der Waals surface area contributed by atoms with Gasteiger partial charge in [-0.15, -0.1) is 0 Å². The van der Waals surface area contributed by atoms with Gasteiger partial charge < -0.3 is 0 Å². The number of rotatable bonds is 0. The lowest BCUT2D eigenvalue weighted by Crippen LogP contribution is -2.50. The van der Waals surface area contributed by atoms with E-state index in [4.69, 9.17) is 0 Å². The molecule has 1 heterocycles. The summed E-state index contributed by atoms with van der Waals surface area (Å²) in [7, 11) is 2.20. The molecule has 0 amide bonds. The van der Waals surface area contributed by atoms with Crippen LogP contribution in [-0.4, -0.2) is 24.5 Å². The normalized spacial score (nSPS) is 41.8. The minimum Gasteiger partial charge on any atom is -0.299 e. The number of likely N-dealkylation sites (N-methyl/N-ethyl adjacent to an activating group) is 1. The maximum Gasteiger partial charge on any atom is 0.0321 e. The molecule has 2 rings (SSSR count). The first kappa shape index (κ1) is 5.48. The molecule has 50 valence electrons. The van der Waals surface area contributed by atoms with E-state index in [-0.39, 0.29) is 0 Å². The molecular weight excluding hydrogens is 110 g/mol. The lowest BCUT2D eigenvalue weighted by Gasteiger charge is -2.41. The van der Waals surface area contributed by atoms with Crippen molar-refractivity contribution in [3.63, 3.8) is 0 Å². The molecule has 0 radical (unpaired) electrons. The van der Waals surface area contributed by atoms with Crippen molar-refractivity contribution in [2.75, 3.05) is 13.6 Å². The summed E-state index contributed by atoms with van der Waals surface area (Å²) in [4.78, 5) is 2.42. The molecule has 9 heavy (non-hydrogen) atoms. The van der Waals surface area contributed by atoms with Crippen LogP contribution < -0.4 is 0 Å². The van der Waals surface area contributed by atoms with Gasteiger partial charge in [0.05, 0.1) is 0 Å². The van der Waals surface area contributed by atoms with Crippen molar-refractivity contribution >= 4 is 0 Å². The van der Waals surface area contributed by atoms with E-state index >= 15 is 0 Å². The van der Waals surface area contributed by atoms with Crippen molar-refractivity contribution in [1.29, 1.82) is 0 Å². The Kier molecular flexibility index (Phi) is 0.974. The molecule has 1 heteroatoms. The van der Waals surface area contributed by atoms with Crippen molar-refractivity contribution in [3.8, 4) is 0 Å². The number of nitrogens with zero attached hydrogens (tertiary/aromatic N) is 1. The molecule has 0 aromatic carbocycles. The summed E-state index contributed by atoms with van der Waals surface area (Å²) in [5, 5.41) is 0. The quantitative estimate of drug-likeness (QED) is 0.438. The molecule has 0 aromatic rings. The Morgan fingerprint density at radius 1 is 1.67 bits per heavy atom. The van der Waals surface area contributed by atoms with Gasteiger partial charge in [-0.3, -0.25) is 4.90 Å². The molecule has 0 bridgehead atoms. The third-order valence-electron chi connectivity index (χ3n) is 2.55. The predicted molar refractivity (Wildman–Crippen MR) is 38.3 cm³/mol. The summed E-state index contributed by atoms with van der Waals surface area (Å²) in [6, 6.07) is 0.810. The van der Waals surface area contributed by atoms with Crippen LogP contribution >= 0.6 is 0 Å². The van der Waals surface area contributed by atoms with E-state index in [0.717, 1.165) is 12.0 Å². The second-order valence-corrected chi connectivity index (χ2v) is 3.41. The van der Waals surface area contributed by atoms with E-state index in [0.29, 0.717) is 0 Å². The van der Waals surface area contributed by atoms with Crippen molar-refractivity contribution in [2.24, 2.45) is 5.92 Å². The molecule has 0 spiro atoms. The first-order valence-electron chi connectivity index (χ1n) is 3.65. The number of allylic oxidation sites excluding steroid dienone is 1. The summed E-state index contributed by atoms with van der Waals surface area (Å²) in [5.74, 6) is 0.981. The van der Waals surface area contributed by atoms with Gasteiger partial charge in [0.2, 0.25) is 0 Å². The average Bonchev–Trinajstić information content (AvgIpc) is 2.08. The van der Waals surface area contributed by atoms with Crippen molar-refractivity contribution in [2.45, 2.75) is 19.4 Å². The van der Waals surface area contributed by atoms with Crippen LogP contribution in [0.5, 0.6) is 0 Å². The molecule has 0 saturated carbocycles. The van der Waals surface area contributed by atoms with Crippen LogP contribution in [0.4, 0.5) is 0 Å². The molecule has 1 aliphatic heterocycles. The fourth-order valence-corrected chi connectivity index (χ4v) is 2.04. The van der Waals surface area contributed by atoms with Gasteiger partial charge >= 0.3 is 0 Å². The van der Waals surface area contributed by atoms with Crippen molar-refractivity contribution in [3.05, 3.63) is 11.6 Å². The standard InChI is InChI=1S/C8H13N/c1-6-3-7-5-9(2)8(7)4-6/h4,7-8H,3,5H2,1-2H3. The zero-order valence-corrected chi connectivity index (χ0v) is 6.09. The molecule has 2 aliphatic rings. The van der Waals surface area contributed by atoms with E-state index < -0.39 is 0 Å². The number of hydrogen-bond acceptors (Lipinski definition) is 1. The first-order valence-corrected chi connectivity index (χ1v) is 3.65. The summed E-state index contributed by atoms with van der Waals surface area (Å²) in [6.45, 7) is 3.56. The van der Waals surface area contributed by atoms with E-state index in [1.165, 1.54) is 13.0 Å². The Morgan fingerprint density at radius 2 is 2.44 bits per heavy atom. The van der Waals surface area contributed by atoms with Gasteiger partial charge in [-0.2, -0.15) is 0 Å². The lowest BCUT2D eigenvalue weighted by molar-refractivity contribution is 0.0891. The Labute approximate surface area is 56.4 Å². The van der Waals surface area contributed by atoms with Gasteiger partial charge in [-0.1, -0.05) is 11.6 Å². The summed E-state index contributed by atoms with van der Waals surface area (Å²) < 4.78 is 0. The molecule has 1 aliphatic carbocycles. The number of hydrogen-bond donors (Lipinski definition) is 0. The van der Waals surface area contributed by atoms with Gasteiger partial charge in [0.25, 0.3) is 0 Å². The second-order valence-electron chi connectivity index (χ2n) is 3.41. The second kappa shape index (κ2) is 1.60.